The molecule has 1 aliphatic heterocycles. The normalized spacial score (nSPS) is 15.5. The van der Waals surface area contributed by atoms with E-state index < -0.39 is 30.8 Å². The summed E-state index contributed by atoms with van der Waals surface area (Å²) in [5.41, 5.74) is 0.491. The highest BCUT2D eigenvalue weighted by molar-refractivity contribution is 7.12. The second-order valence-electron chi connectivity index (χ2n) is 6.79. The number of thiophene rings is 2. The summed E-state index contributed by atoms with van der Waals surface area (Å²) in [6.07, 6.45) is 0.531. The van der Waals surface area contributed by atoms with Crippen molar-refractivity contribution in [1.82, 2.24) is 5.01 Å². The van der Waals surface area contributed by atoms with Crippen molar-refractivity contribution in [2.24, 2.45) is 5.10 Å². The van der Waals surface area contributed by atoms with Gasteiger partial charge in [0.1, 0.15) is 5.56 Å². The van der Waals surface area contributed by atoms with Crippen LogP contribution in [-0.2, 0) is 9.53 Å². The number of hydrogen-bond acceptors (Lipinski definition) is 8. The lowest BCUT2D eigenvalue weighted by atomic mass is 10.1. The maximum Gasteiger partial charge on any atom is 0.387 e. The summed E-state index contributed by atoms with van der Waals surface area (Å²) in [7, 11) is 1.26. The largest absolute Gasteiger partial charge is 0.493 e. The SMILES string of the molecule is COc1cccc(C(=O)OCC(=O)N2N=C(c3cccs3)CC2c2cccs2)c1OC(F)F. The molecule has 0 N–H and O–H groups in total. The summed E-state index contributed by atoms with van der Waals surface area (Å²) < 4.78 is 40.2. The first-order valence-corrected chi connectivity index (χ1v) is 11.5. The molecule has 3 aromatic rings. The van der Waals surface area contributed by atoms with Crippen molar-refractivity contribution in [3.05, 3.63) is 68.5 Å². The molecule has 4 rings (SSSR count). The Morgan fingerprint density at radius 3 is 2.61 bits per heavy atom. The van der Waals surface area contributed by atoms with Gasteiger partial charge in [0, 0.05) is 11.3 Å². The zero-order valence-electron chi connectivity index (χ0n) is 17.3. The molecule has 1 atom stereocenters. The molecule has 0 fully saturated rings. The van der Waals surface area contributed by atoms with Gasteiger partial charge in [-0.2, -0.15) is 13.9 Å². The number of rotatable bonds is 8. The number of alkyl halides is 2. The van der Waals surface area contributed by atoms with Crippen molar-refractivity contribution in [2.75, 3.05) is 13.7 Å². The Kier molecular flexibility index (Phi) is 6.99. The average molecular weight is 493 g/mol. The average Bonchev–Trinajstić information content (AvgIpc) is 3.57. The van der Waals surface area contributed by atoms with Gasteiger partial charge in [-0.3, -0.25) is 4.79 Å². The van der Waals surface area contributed by atoms with Gasteiger partial charge in [-0.05, 0) is 35.0 Å². The zero-order chi connectivity index (χ0) is 23.4. The third kappa shape index (κ3) is 5.04. The Morgan fingerprint density at radius 1 is 1.15 bits per heavy atom. The third-order valence-corrected chi connectivity index (χ3v) is 6.69. The Labute approximate surface area is 195 Å². The first-order valence-electron chi connectivity index (χ1n) is 9.73. The summed E-state index contributed by atoms with van der Waals surface area (Å²) >= 11 is 3.02. The molecule has 172 valence electrons. The number of carbonyl (C=O) groups excluding carboxylic acids is 2. The van der Waals surface area contributed by atoms with Crippen LogP contribution >= 0.6 is 22.7 Å². The summed E-state index contributed by atoms with van der Waals surface area (Å²) in [6, 6.07) is 11.4. The number of halogens is 2. The Balaban J connectivity index is 1.51. The number of methoxy groups -OCH3 is 1. The number of hydrazone groups is 1. The fourth-order valence-electron chi connectivity index (χ4n) is 3.35. The minimum Gasteiger partial charge on any atom is -0.493 e. The summed E-state index contributed by atoms with van der Waals surface area (Å²) in [5.74, 6) is -2.04. The molecule has 1 unspecified atom stereocenters. The van der Waals surface area contributed by atoms with Crippen LogP contribution in [0.2, 0.25) is 0 Å². The van der Waals surface area contributed by atoms with Crippen LogP contribution in [0.25, 0.3) is 0 Å². The third-order valence-electron chi connectivity index (χ3n) is 4.80. The predicted molar refractivity (Wildman–Crippen MR) is 119 cm³/mol. The maximum absolute atomic E-state index is 13.0. The highest BCUT2D eigenvalue weighted by Gasteiger charge is 2.34. The van der Waals surface area contributed by atoms with Gasteiger partial charge in [-0.15, -0.1) is 22.7 Å². The fraction of sp³-hybridized carbons (Fsp3) is 0.227. The molecule has 1 amide bonds. The minimum atomic E-state index is -3.17. The van der Waals surface area contributed by atoms with Gasteiger partial charge in [-0.25, -0.2) is 9.80 Å². The van der Waals surface area contributed by atoms with Crippen LogP contribution in [-0.4, -0.2) is 42.9 Å². The Morgan fingerprint density at radius 2 is 1.94 bits per heavy atom. The molecule has 0 saturated carbocycles. The van der Waals surface area contributed by atoms with Crippen LogP contribution in [0.1, 0.15) is 32.6 Å². The van der Waals surface area contributed by atoms with E-state index in [1.165, 1.54) is 53.0 Å². The van der Waals surface area contributed by atoms with E-state index in [0.29, 0.717) is 6.42 Å². The van der Waals surface area contributed by atoms with Crippen LogP contribution < -0.4 is 9.47 Å². The van der Waals surface area contributed by atoms with Gasteiger partial charge in [0.2, 0.25) is 0 Å². The lowest BCUT2D eigenvalue weighted by molar-refractivity contribution is -0.136. The molecule has 1 aliphatic rings. The van der Waals surface area contributed by atoms with Gasteiger partial charge >= 0.3 is 12.6 Å². The number of para-hydroxylation sites is 1. The van der Waals surface area contributed by atoms with Crippen molar-refractivity contribution in [1.29, 1.82) is 0 Å². The second-order valence-corrected chi connectivity index (χ2v) is 8.72. The standard InChI is InChI=1S/C22H18F2N2O5S2/c1-29-16-6-2-5-13(20(16)31-22(23)24)21(28)30-12-19(27)26-15(18-8-4-10-33-18)11-14(25-26)17-7-3-9-32-17/h2-10,15,22H,11-12H2,1H3. The second kappa shape index (κ2) is 10.1. The van der Waals surface area contributed by atoms with Crippen LogP contribution in [0.3, 0.4) is 0 Å². The lowest BCUT2D eigenvalue weighted by Gasteiger charge is -2.20. The molecule has 0 radical (unpaired) electrons. The van der Waals surface area contributed by atoms with Crippen LogP contribution in [0, 0.1) is 0 Å². The molecule has 3 heterocycles. The molecule has 2 aromatic heterocycles. The lowest BCUT2D eigenvalue weighted by Crippen LogP contribution is -2.31. The number of amides is 1. The van der Waals surface area contributed by atoms with Crippen molar-refractivity contribution >= 4 is 40.3 Å². The van der Waals surface area contributed by atoms with E-state index in [1.54, 1.807) is 0 Å². The van der Waals surface area contributed by atoms with Crippen LogP contribution in [0.5, 0.6) is 11.5 Å². The van der Waals surface area contributed by atoms with Crippen LogP contribution in [0.4, 0.5) is 8.78 Å². The van der Waals surface area contributed by atoms with Gasteiger partial charge in [0.25, 0.3) is 5.91 Å². The highest BCUT2D eigenvalue weighted by Crippen LogP contribution is 2.36. The van der Waals surface area contributed by atoms with Crippen molar-refractivity contribution in [3.63, 3.8) is 0 Å². The van der Waals surface area contributed by atoms with Gasteiger partial charge in [0.05, 0.1) is 23.7 Å². The van der Waals surface area contributed by atoms with E-state index in [1.807, 2.05) is 35.0 Å². The molecule has 1 aromatic carbocycles. The number of nitrogens with zero attached hydrogens (tertiary/aromatic N) is 2. The molecular formula is C22H18F2N2O5S2. The first kappa shape index (κ1) is 22.9. The topological polar surface area (TPSA) is 77.4 Å². The molecule has 33 heavy (non-hydrogen) atoms. The zero-order valence-corrected chi connectivity index (χ0v) is 18.9. The quantitative estimate of drug-likeness (QED) is 0.416. The van der Waals surface area contributed by atoms with Gasteiger partial charge < -0.3 is 14.2 Å². The smallest absolute Gasteiger partial charge is 0.387 e. The van der Waals surface area contributed by atoms with Gasteiger partial charge in [0.15, 0.2) is 18.1 Å². The molecule has 0 spiro atoms. The van der Waals surface area contributed by atoms with E-state index >= 15 is 0 Å². The molecule has 0 aliphatic carbocycles. The molecule has 0 bridgehead atoms. The molecular weight excluding hydrogens is 474 g/mol. The van der Waals surface area contributed by atoms with Crippen molar-refractivity contribution in [3.8, 4) is 11.5 Å². The summed E-state index contributed by atoms with van der Waals surface area (Å²) in [4.78, 5) is 27.5. The van der Waals surface area contributed by atoms with Crippen LogP contribution in [0.15, 0.2) is 58.3 Å². The summed E-state index contributed by atoms with van der Waals surface area (Å²) in [6.45, 7) is -3.79. The van der Waals surface area contributed by atoms with E-state index in [9.17, 15) is 18.4 Å². The fourth-order valence-corrected chi connectivity index (χ4v) is 4.89. The Bertz CT molecular complexity index is 1150. The maximum atomic E-state index is 13.0. The van der Waals surface area contributed by atoms with Crippen molar-refractivity contribution in [2.45, 2.75) is 19.1 Å². The number of hydrogen-bond donors (Lipinski definition) is 0. The number of ether oxygens (including phenoxy) is 3. The number of esters is 1. The first-order chi connectivity index (χ1) is 16.0. The summed E-state index contributed by atoms with van der Waals surface area (Å²) in [5, 5.41) is 9.64. The van der Waals surface area contributed by atoms with E-state index in [0.717, 1.165) is 15.5 Å². The minimum absolute atomic E-state index is 0.0569. The highest BCUT2D eigenvalue weighted by atomic mass is 32.1. The number of carbonyl (C=O) groups is 2. The molecule has 7 nitrogen and oxygen atoms in total. The van der Waals surface area contributed by atoms with E-state index in [-0.39, 0.29) is 17.4 Å². The monoisotopic (exact) mass is 492 g/mol. The van der Waals surface area contributed by atoms with Crippen molar-refractivity contribution < 1.29 is 32.6 Å². The number of benzene rings is 1. The van der Waals surface area contributed by atoms with E-state index in [4.69, 9.17) is 9.47 Å². The molecule has 0 saturated heterocycles. The predicted octanol–water partition coefficient (Wildman–Crippen LogP) is 4.95. The Hall–Kier alpha value is -3.31. The van der Waals surface area contributed by atoms with Gasteiger partial charge in [-0.1, -0.05) is 18.2 Å². The van der Waals surface area contributed by atoms with E-state index in [2.05, 4.69) is 9.84 Å². The molecule has 11 heteroatoms.